The van der Waals surface area contributed by atoms with Crippen LogP contribution in [0.1, 0.15) is 57.3 Å². The SMILES string of the molecule is Cc1cc(C(C)C)nc(NC(C)CC2CC2)n1. The Kier molecular flexibility index (Phi) is 3.65. The van der Waals surface area contributed by atoms with E-state index in [4.69, 9.17) is 0 Å². The molecule has 0 radical (unpaired) electrons. The fraction of sp³-hybridized carbons (Fsp3) is 0.714. The summed E-state index contributed by atoms with van der Waals surface area (Å²) >= 11 is 0. The first-order valence-corrected chi connectivity index (χ1v) is 6.66. The summed E-state index contributed by atoms with van der Waals surface area (Å²) in [5.41, 5.74) is 2.17. The number of aromatic nitrogens is 2. The molecule has 1 aliphatic carbocycles. The second-order valence-electron chi connectivity index (χ2n) is 5.64. The van der Waals surface area contributed by atoms with Gasteiger partial charge >= 0.3 is 0 Å². The molecular formula is C14H23N3. The Bertz CT molecular complexity index is 383. The van der Waals surface area contributed by atoms with E-state index in [0.29, 0.717) is 12.0 Å². The van der Waals surface area contributed by atoms with Crippen molar-refractivity contribution in [3.05, 3.63) is 17.5 Å². The molecule has 0 spiro atoms. The molecule has 1 atom stereocenters. The van der Waals surface area contributed by atoms with E-state index < -0.39 is 0 Å². The molecule has 1 aliphatic rings. The molecule has 2 rings (SSSR count). The zero-order valence-corrected chi connectivity index (χ0v) is 11.3. The van der Waals surface area contributed by atoms with Crippen LogP contribution in [0.5, 0.6) is 0 Å². The monoisotopic (exact) mass is 233 g/mol. The Labute approximate surface area is 104 Å². The molecule has 1 heterocycles. The van der Waals surface area contributed by atoms with Crippen LogP contribution in [0.25, 0.3) is 0 Å². The van der Waals surface area contributed by atoms with Crippen molar-refractivity contribution in [1.82, 2.24) is 9.97 Å². The third kappa shape index (κ3) is 3.69. The maximum Gasteiger partial charge on any atom is 0.223 e. The van der Waals surface area contributed by atoms with Crippen LogP contribution in [0.15, 0.2) is 6.07 Å². The molecule has 94 valence electrons. The average molecular weight is 233 g/mol. The zero-order valence-electron chi connectivity index (χ0n) is 11.3. The number of hydrogen-bond donors (Lipinski definition) is 1. The van der Waals surface area contributed by atoms with Crippen LogP contribution in [-0.4, -0.2) is 16.0 Å². The predicted molar refractivity (Wildman–Crippen MR) is 71.3 cm³/mol. The molecule has 1 aromatic heterocycles. The summed E-state index contributed by atoms with van der Waals surface area (Å²) in [6.07, 6.45) is 4.05. The van der Waals surface area contributed by atoms with E-state index >= 15 is 0 Å². The van der Waals surface area contributed by atoms with Crippen molar-refractivity contribution in [2.45, 2.75) is 58.9 Å². The highest BCUT2D eigenvalue weighted by molar-refractivity contribution is 5.30. The lowest BCUT2D eigenvalue weighted by Crippen LogP contribution is -2.18. The second kappa shape index (κ2) is 5.03. The van der Waals surface area contributed by atoms with E-state index in [-0.39, 0.29) is 0 Å². The first-order valence-electron chi connectivity index (χ1n) is 6.66. The highest BCUT2D eigenvalue weighted by atomic mass is 15.1. The largest absolute Gasteiger partial charge is 0.352 e. The van der Waals surface area contributed by atoms with Crippen molar-refractivity contribution in [2.24, 2.45) is 5.92 Å². The fourth-order valence-corrected chi connectivity index (χ4v) is 2.09. The molecule has 0 bridgehead atoms. The Balaban J connectivity index is 2.03. The lowest BCUT2D eigenvalue weighted by molar-refractivity contribution is 0.635. The van der Waals surface area contributed by atoms with Crippen LogP contribution in [0.4, 0.5) is 5.95 Å². The quantitative estimate of drug-likeness (QED) is 0.845. The van der Waals surface area contributed by atoms with Gasteiger partial charge in [0.05, 0.1) is 0 Å². The van der Waals surface area contributed by atoms with Gasteiger partial charge < -0.3 is 5.32 Å². The summed E-state index contributed by atoms with van der Waals surface area (Å²) in [5, 5.41) is 3.43. The van der Waals surface area contributed by atoms with Crippen LogP contribution >= 0.6 is 0 Å². The molecule has 1 fully saturated rings. The third-order valence-electron chi connectivity index (χ3n) is 3.22. The van der Waals surface area contributed by atoms with Crippen LogP contribution in [0, 0.1) is 12.8 Å². The molecule has 0 aliphatic heterocycles. The minimum Gasteiger partial charge on any atom is -0.352 e. The first-order chi connectivity index (χ1) is 8.04. The molecule has 1 unspecified atom stereocenters. The number of nitrogens with one attached hydrogen (secondary N) is 1. The molecule has 17 heavy (non-hydrogen) atoms. The van der Waals surface area contributed by atoms with Crippen LogP contribution < -0.4 is 5.32 Å². The van der Waals surface area contributed by atoms with Gasteiger partial charge in [-0.15, -0.1) is 0 Å². The lowest BCUT2D eigenvalue weighted by Gasteiger charge is -2.15. The molecule has 0 saturated heterocycles. The van der Waals surface area contributed by atoms with Gasteiger partial charge in [-0.25, -0.2) is 9.97 Å². The maximum atomic E-state index is 4.58. The summed E-state index contributed by atoms with van der Waals surface area (Å²) in [7, 11) is 0. The summed E-state index contributed by atoms with van der Waals surface area (Å²) < 4.78 is 0. The standard InChI is InChI=1S/C14H23N3/c1-9(2)13-8-11(4)16-14(17-13)15-10(3)7-12-5-6-12/h8-10,12H,5-7H2,1-4H3,(H,15,16,17). The number of aryl methyl sites for hydroxylation is 1. The summed E-state index contributed by atoms with van der Waals surface area (Å²) in [5.74, 6) is 2.18. The van der Waals surface area contributed by atoms with Crippen molar-refractivity contribution in [3.8, 4) is 0 Å². The minimum absolute atomic E-state index is 0.455. The number of rotatable bonds is 5. The van der Waals surface area contributed by atoms with Crippen LogP contribution in [0.3, 0.4) is 0 Å². The Hall–Kier alpha value is -1.12. The molecular weight excluding hydrogens is 210 g/mol. The summed E-state index contributed by atoms with van der Waals surface area (Å²) in [6.45, 7) is 8.59. The van der Waals surface area contributed by atoms with Crippen molar-refractivity contribution >= 4 is 5.95 Å². The number of hydrogen-bond acceptors (Lipinski definition) is 3. The van der Waals surface area contributed by atoms with Crippen molar-refractivity contribution < 1.29 is 0 Å². The molecule has 0 aromatic carbocycles. The summed E-state index contributed by atoms with van der Waals surface area (Å²) in [6, 6.07) is 2.55. The van der Waals surface area contributed by atoms with Crippen LogP contribution in [0.2, 0.25) is 0 Å². The zero-order chi connectivity index (χ0) is 12.4. The van der Waals surface area contributed by atoms with Crippen molar-refractivity contribution in [1.29, 1.82) is 0 Å². The summed E-state index contributed by atoms with van der Waals surface area (Å²) in [4.78, 5) is 9.04. The fourth-order valence-electron chi connectivity index (χ4n) is 2.09. The topological polar surface area (TPSA) is 37.8 Å². The number of anilines is 1. The van der Waals surface area contributed by atoms with E-state index in [9.17, 15) is 0 Å². The van der Waals surface area contributed by atoms with Gasteiger partial charge in [0.1, 0.15) is 0 Å². The normalized spacial score (nSPS) is 17.2. The van der Waals surface area contributed by atoms with Gasteiger partial charge in [-0.3, -0.25) is 0 Å². The number of nitrogens with zero attached hydrogens (tertiary/aromatic N) is 2. The molecule has 1 aromatic rings. The first kappa shape index (κ1) is 12.3. The Morgan fingerprint density at radius 1 is 1.29 bits per heavy atom. The molecule has 3 nitrogen and oxygen atoms in total. The van der Waals surface area contributed by atoms with E-state index in [1.165, 1.54) is 19.3 Å². The molecule has 3 heteroatoms. The van der Waals surface area contributed by atoms with Gasteiger partial charge in [0.15, 0.2) is 0 Å². The molecule has 1 saturated carbocycles. The molecule has 0 amide bonds. The van der Waals surface area contributed by atoms with Gasteiger partial charge in [-0.05, 0) is 38.2 Å². The Morgan fingerprint density at radius 2 is 2.00 bits per heavy atom. The second-order valence-corrected chi connectivity index (χ2v) is 5.64. The van der Waals surface area contributed by atoms with Gasteiger partial charge in [0.25, 0.3) is 0 Å². The van der Waals surface area contributed by atoms with E-state index in [1.807, 2.05) is 6.92 Å². The highest BCUT2D eigenvalue weighted by Crippen LogP contribution is 2.33. The molecule has 1 N–H and O–H groups in total. The lowest BCUT2D eigenvalue weighted by atomic mass is 10.1. The smallest absolute Gasteiger partial charge is 0.223 e. The highest BCUT2D eigenvalue weighted by Gasteiger charge is 2.23. The van der Waals surface area contributed by atoms with Crippen LogP contribution in [-0.2, 0) is 0 Å². The maximum absolute atomic E-state index is 4.58. The minimum atomic E-state index is 0.455. The van der Waals surface area contributed by atoms with E-state index in [2.05, 4.69) is 42.1 Å². The van der Waals surface area contributed by atoms with Crippen molar-refractivity contribution in [2.75, 3.05) is 5.32 Å². The third-order valence-corrected chi connectivity index (χ3v) is 3.22. The Morgan fingerprint density at radius 3 is 2.59 bits per heavy atom. The van der Waals surface area contributed by atoms with E-state index in [0.717, 1.165) is 23.3 Å². The van der Waals surface area contributed by atoms with Gasteiger partial charge in [-0.1, -0.05) is 26.7 Å². The van der Waals surface area contributed by atoms with E-state index in [1.54, 1.807) is 0 Å². The van der Waals surface area contributed by atoms with Gasteiger partial charge in [0, 0.05) is 17.4 Å². The van der Waals surface area contributed by atoms with Crippen molar-refractivity contribution in [3.63, 3.8) is 0 Å². The average Bonchev–Trinajstić information content (AvgIpc) is 3.00. The predicted octanol–water partition coefficient (Wildman–Crippen LogP) is 3.51. The van der Waals surface area contributed by atoms with Gasteiger partial charge in [-0.2, -0.15) is 0 Å². The van der Waals surface area contributed by atoms with Gasteiger partial charge in [0.2, 0.25) is 5.95 Å².